The number of nitrogens with one attached hydrogen (secondary N) is 1. The van der Waals surface area contributed by atoms with E-state index in [1.807, 2.05) is 136 Å². The molecule has 2 atom stereocenters. The predicted octanol–water partition coefficient (Wildman–Crippen LogP) is 9.11. The molecule has 10 nitrogen and oxygen atoms in total. The molecule has 5 aromatic carbocycles. The number of carbonyl (C=O) groups excluding carboxylic acids is 2. The van der Waals surface area contributed by atoms with Crippen LogP contribution in [-0.4, -0.2) is 53.8 Å². The van der Waals surface area contributed by atoms with E-state index in [0.29, 0.717) is 61.0 Å². The molecule has 0 fully saturated rings. The number of amides is 1. The second kappa shape index (κ2) is 20.4. The van der Waals surface area contributed by atoms with Gasteiger partial charge in [-0.2, -0.15) is 0 Å². The average Bonchev–Trinajstić information content (AvgIpc) is 3.63. The van der Waals surface area contributed by atoms with Gasteiger partial charge in [-0.1, -0.05) is 101 Å². The van der Waals surface area contributed by atoms with E-state index in [1.165, 1.54) is 0 Å². The highest BCUT2D eigenvalue weighted by Crippen LogP contribution is 2.45. The molecule has 0 bridgehead atoms. The Bertz CT molecular complexity index is 2170. The van der Waals surface area contributed by atoms with Crippen molar-refractivity contribution in [3.63, 3.8) is 0 Å². The summed E-state index contributed by atoms with van der Waals surface area (Å²) in [5.74, 6) is 1.27. The zero-order valence-electron chi connectivity index (χ0n) is 33.7. The Morgan fingerprint density at radius 3 is 2.08 bits per heavy atom. The van der Waals surface area contributed by atoms with Crippen molar-refractivity contribution >= 4 is 33.7 Å². The molecule has 6 rings (SSSR count). The molecule has 1 heterocycles. The van der Waals surface area contributed by atoms with Crippen molar-refractivity contribution in [2.24, 2.45) is 4.99 Å². The quantitative estimate of drug-likeness (QED) is 0.0623. The highest BCUT2D eigenvalue weighted by atomic mass is 79.9. The number of benzene rings is 5. The van der Waals surface area contributed by atoms with Crippen molar-refractivity contribution in [2.45, 2.75) is 76.9 Å². The lowest BCUT2D eigenvalue weighted by Gasteiger charge is -2.31. The maximum atomic E-state index is 14.8. The molecule has 2 N–H and O–H groups in total. The number of aliphatic imine (C=N–C) groups is 1. The van der Waals surface area contributed by atoms with E-state index >= 15 is 0 Å². The Labute approximate surface area is 354 Å². The fraction of sp³-hybridized carbons (Fsp3) is 0.312. The van der Waals surface area contributed by atoms with Gasteiger partial charge in [-0.3, -0.25) is 9.59 Å². The molecule has 0 spiro atoms. The number of rotatable bonds is 19. The number of halogens is 1. The van der Waals surface area contributed by atoms with E-state index in [2.05, 4.69) is 21.2 Å². The van der Waals surface area contributed by atoms with Gasteiger partial charge in [0.1, 0.15) is 24.6 Å². The van der Waals surface area contributed by atoms with Gasteiger partial charge in [0.15, 0.2) is 23.1 Å². The van der Waals surface area contributed by atoms with Crippen LogP contribution in [0.1, 0.15) is 74.0 Å². The molecule has 5 aromatic rings. The van der Waals surface area contributed by atoms with Crippen molar-refractivity contribution in [1.82, 2.24) is 5.32 Å². The van der Waals surface area contributed by atoms with E-state index in [4.69, 9.17) is 33.8 Å². The monoisotopic (exact) mass is 862 g/mol. The van der Waals surface area contributed by atoms with Gasteiger partial charge in [0.25, 0.3) is 5.91 Å². The van der Waals surface area contributed by atoms with Gasteiger partial charge < -0.3 is 34.1 Å². The molecule has 1 amide bonds. The summed E-state index contributed by atoms with van der Waals surface area (Å²) < 4.78 is 31.3. The predicted molar refractivity (Wildman–Crippen MR) is 231 cm³/mol. The van der Waals surface area contributed by atoms with Crippen LogP contribution < -0.4 is 19.5 Å². The third kappa shape index (κ3) is 12.0. The van der Waals surface area contributed by atoms with Crippen LogP contribution in [0.15, 0.2) is 137 Å². The van der Waals surface area contributed by atoms with E-state index in [9.17, 15) is 9.59 Å². The molecule has 0 aliphatic carbocycles. The van der Waals surface area contributed by atoms with Crippen LogP contribution in [0, 0.1) is 0 Å². The first kappa shape index (κ1) is 42.9. The number of ether oxygens (including phenoxy) is 5. The normalized spacial score (nSPS) is 16.1. The summed E-state index contributed by atoms with van der Waals surface area (Å²) in [5.41, 5.74) is 2.10. The van der Waals surface area contributed by atoms with Crippen LogP contribution in [0.5, 0.6) is 17.2 Å². The molecule has 11 heteroatoms. The molecule has 0 saturated carbocycles. The summed E-state index contributed by atoms with van der Waals surface area (Å²) in [7, 11) is 0. The highest BCUT2D eigenvalue weighted by molar-refractivity contribution is 9.10. The third-order valence-electron chi connectivity index (χ3n) is 9.53. The minimum Gasteiger partial charge on any atom is -0.494 e. The molecule has 0 saturated heterocycles. The zero-order chi connectivity index (χ0) is 41.7. The lowest BCUT2D eigenvalue weighted by molar-refractivity contribution is -0.155. The maximum absolute atomic E-state index is 14.8. The number of hydrogen-bond acceptors (Lipinski definition) is 9. The zero-order valence-corrected chi connectivity index (χ0v) is 35.3. The number of carbonyl (C=O) groups is 2. The van der Waals surface area contributed by atoms with Gasteiger partial charge >= 0.3 is 5.97 Å². The van der Waals surface area contributed by atoms with Crippen LogP contribution in [0.25, 0.3) is 0 Å². The van der Waals surface area contributed by atoms with Crippen molar-refractivity contribution in [3.8, 4) is 17.2 Å². The Kier molecular flexibility index (Phi) is 14.8. The summed E-state index contributed by atoms with van der Waals surface area (Å²) in [4.78, 5) is 33.0. The minimum absolute atomic E-state index is 0.0243. The first-order chi connectivity index (χ1) is 28.5. The maximum Gasteiger partial charge on any atom is 0.306 e. The molecular formula is C48H51BrN2O8. The molecular weight excluding hydrogens is 812 g/mol. The fourth-order valence-electron chi connectivity index (χ4n) is 6.60. The Morgan fingerprint density at radius 1 is 0.797 bits per heavy atom. The summed E-state index contributed by atoms with van der Waals surface area (Å²) in [5, 5.41) is 12.3. The van der Waals surface area contributed by atoms with Gasteiger partial charge in [-0.25, -0.2) is 4.99 Å². The molecule has 59 heavy (non-hydrogen) atoms. The van der Waals surface area contributed by atoms with Crippen LogP contribution >= 0.6 is 15.9 Å². The SMILES string of the molecule is CC(C)(C)OC(=O)CC[C@@]1(C(=O)NCCc2ccc(OCc3ccccc3)c(OCc3ccccc3)c2)N=C(c2ccc(OCCCO)cc2)O[C@@H]1c1ccccc1Br. The Morgan fingerprint density at radius 2 is 1.44 bits per heavy atom. The lowest BCUT2D eigenvalue weighted by Crippen LogP contribution is -2.49. The first-order valence-corrected chi connectivity index (χ1v) is 20.6. The van der Waals surface area contributed by atoms with Gasteiger partial charge in [0.05, 0.1) is 6.61 Å². The average molecular weight is 864 g/mol. The second-order valence-corrected chi connectivity index (χ2v) is 16.1. The van der Waals surface area contributed by atoms with Crippen LogP contribution in [0.4, 0.5) is 0 Å². The molecule has 1 aliphatic rings. The van der Waals surface area contributed by atoms with Gasteiger partial charge in [0, 0.05) is 41.6 Å². The molecule has 0 radical (unpaired) electrons. The molecule has 1 aliphatic heterocycles. The minimum atomic E-state index is -1.54. The van der Waals surface area contributed by atoms with E-state index in [-0.39, 0.29) is 37.8 Å². The van der Waals surface area contributed by atoms with Gasteiger partial charge in [-0.05, 0) is 92.8 Å². The Hall–Kier alpha value is -5.65. The summed E-state index contributed by atoms with van der Waals surface area (Å²) in [6, 6.07) is 40.5. The molecule has 308 valence electrons. The van der Waals surface area contributed by atoms with Crippen molar-refractivity contribution in [1.29, 1.82) is 0 Å². The first-order valence-electron chi connectivity index (χ1n) is 19.8. The summed E-state index contributed by atoms with van der Waals surface area (Å²) >= 11 is 3.68. The third-order valence-corrected chi connectivity index (χ3v) is 10.3. The smallest absolute Gasteiger partial charge is 0.306 e. The van der Waals surface area contributed by atoms with Gasteiger partial charge in [0.2, 0.25) is 5.90 Å². The second-order valence-electron chi connectivity index (χ2n) is 15.2. The van der Waals surface area contributed by atoms with Crippen LogP contribution in [-0.2, 0) is 38.7 Å². The molecule has 0 aromatic heterocycles. The lowest BCUT2D eigenvalue weighted by atomic mass is 9.83. The summed E-state index contributed by atoms with van der Waals surface area (Å²) in [6.07, 6.45) is 0.0590. The number of hydrogen-bond donors (Lipinski definition) is 2. The van der Waals surface area contributed by atoms with E-state index in [0.717, 1.165) is 21.2 Å². The topological polar surface area (TPSA) is 125 Å². The van der Waals surface area contributed by atoms with Crippen molar-refractivity contribution < 1.29 is 38.4 Å². The molecule has 0 unspecified atom stereocenters. The van der Waals surface area contributed by atoms with E-state index < -0.39 is 23.2 Å². The largest absolute Gasteiger partial charge is 0.494 e. The highest BCUT2D eigenvalue weighted by Gasteiger charge is 2.53. The standard InChI is InChI=1S/C48H51BrN2O8/c1-47(2,3)59-43(53)25-27-48(44(39-17-10-11-18-40(39)49)58-45(51-48)37-20-22-38(23-21-37)55-30-12-29-52)46(54)50-28-26-34-19-24-41(56-32-35-13-6-4-7-14-35)42(31-34)57-33-36-15-8-5-9-16-36/h4-11,13-24,31,44,52H,12,25-30,32-33H2,1-3H3,(H,50,54)/t44-,48-/m1/s1. The van der Waals surface area contributed by atoms with Crippen molar-refractivity contribution in [2.75, 3.05) is 19.8 Å². The number of aliphatic hydroxyl groups excluding tert-OH is 1. The Balaban J connectivity index is 1.26. The number of esters is 1. The number of aliphatic hydroxyl groups is 1. The fourth-order valence-corrected chi connectivity index (χ4v) is 7.10. The van der Waals surface area contributed by atoms with Gasteiger partial charge in [-0.15, -0.1) is 0 Å². The summed E-state index contributed by atoms with van der Waals surface area (Å²) in [6.45, 7) is 6.85. The van der Waals surface area contributed by atoms with Crippen molar-refractivity contribution in [3.05, 3.63) is 160 Å². The number of nitrogens with zero attached hydrogens (tertiary/aromatic N) is 1. The van der Waals surface area contributed by atoms with E-state index in [1.54, 1.807) is 12.1 Å². The van der Waals surface area contributed by atoms with Crippen LogP contribution in [0.3, 0.4) is 0 Å². The van der Waals surface area contributed by atoms with Crippen LogP contribution in [0.2, 0.25) is 0 Å².